The molecule has 2 atom stereocenters. The molecule has 0 spiro atoms. The molecule has 1 unspecified atom stereocenters. The molecule has 1 aliphatic heterocycles. The maximum Gasteiger partial charge on any atom is 0.416 e. The van der Waals surface area contributed by atoms with Crippen molar-refractivity contribution in [3.63, 3.8) is 0 Å². The number of nitrogens with two attached hydrogens (primary N) is 1. The Balaban J connectivity index is 1.48. The molecule has 0 saturated carbocycles. The van der Waals surface area contributed by atoms with E-state index < -0.39 is 17.9 Å². The number of alkyl halides is 3. The predicted octanol–water partition coefficient (Wildman–Crippen LogP) is 5.11. The lowest BCUT2D eigenvalue weighted by molar-refractivity contribution is -0.138. The highest BCUT2D eigenvalue weighted by atomic mass is 19.4. The lowest BCUT2D eigenvalue weighted by Gasteiger charge is -2.35. The third-order valence-corrected chi connectivity index (χ3v) is 6.64. The van der Waals surface area contributed by atoms with Gasteiger partial charge >= 0.3 is 6.18 Å². The zero-order chi connectivity index (χ0) is 24.9. The van der Waals surface area contributed by atoms with E-state index >= 15 is 0 Å². The molecule has 10 heteroatoms. The fraction of sp³-hybridized carbons (Fsp3) is 0.320. The topological polar surface area (TPSA) is 84.9 Å². The number of nitrogens with zero attached hydrogens (tertiary/aromatic N) is 5. The number of hydrogen-bond donors (Lipinski definition) is 2. The molecule has 0 bridgehead atoms. The highest BCUT2D eigenvalue weighted by Crippen LogP contribution is 2.36. The Morgan fingerprint density at radius 3 is 2.71 bits per heavy atom. The zero-order valence-corrected chi connectivity index (χ0v) is 19.6. The molecule has 0 aliphatic carbocycles. The van der Waals surface area contributed by atoms with Crippen LogP contribution >= 0.6 is 0 Å². The minimum atomic E-state index is -4.45. The summed E-state index contributed by atoms with van der Waals surface area (Å²) in [5.41, 5.74) is 8.04. The van der Waals surface area contributed by atoms with Gasteiger partial charge in [0.05, 0.1) is 23.5 Å². The van der Waals surface area contributed by atoms with Crippen LogP contribution in [0.3, 0.4) is 0 Å². The molecule has 0 fully saturated rings. The summed E-state index contributed by atoms with van der Waals surface area (Å²) in [6, 6.07) is 10.1. The molecule has 2 aromatic carbocycles. The lowest BCUT2D eigenvalue weighted by Crippen LogP contribution is -2.36. The summed E-state index contributed by atoms with van der Waals surface area (Å²) in [5, 5.41) is 13.0. The van der Waals surface area contributed by atoms with Gasteiger partial charge in [0, 0.05) is 35.7 Å². The second-order valence-electron chi connectivity index (χ2n) is 8.91. The Hall–Kier alpha value is -3.66. The molecule has 3 heterocycles. The van der Waals surface area contributed by atoms with Crippen LogP contribution in [0.1, 0.15) is 47.3 Å². The van der Waals surface area contributed by atoms with Gasteiger partial charge in [-0.15, -0.1) is 5.10 Å². The van der Waals surface area contributed by atoms with Crippen LogP contribution in [0.2, 0.25) is 0 Å². The second-order valence-corrected chi connectivity index (χ2v) is 8.91. The van der Waals surface area contributed by atoms with Crippen molar-refractivity contribution in [2.75, 3.05) is 16.8 Å². The molecule has 1 aliphatic rings. The largest absolute Gasteiger partial charge is 0.416 e. The minimum absolute atomic E-state index is 0.0797. The summed E-state index contributed by atoms with van der Waals surface area (Å²) in [5.74, 6) is 1.43. The quantitative estimate of drug-likeness (QED) is 0.394. The Labute approximate surface area is 200 Å². The van der Waals surface area contributed by atoms with Crippen LogP contribution in [0.5, 0.6) is 0 Å². The van der Waals surface area contributed by atoms with E-state index in [2.05, 4.69) is 43.1 Å². The van der Waals surface area contributed by atoms with Crippen LogP contribution in [0.4, 0.5) is 24.7 Å². The van der Waals surface area contributed by atoms with E-state index in [4.69, 9.17) is 5.73 Å². The molecular formula is C25H26F3N7. The van der Waals surface area contributed by atoms with Crippen LogP contribution in [0.15, 0.2) is 48.8 Å². The van der Waals surface area contributed by atoms with Crippen LogP contribution in [-0.4, -0.2) is 26.3 Å². The summed E-state index contributed by atoms with van der Waals surface area (Å²) in [7, 11) is 0. The number of nitrogens with one attached hydrogen (secondary N) is 1. The van der Waals surface area contributed by atoms with Crippen molar-refractivity contribution < 1.29 is 13.2 Å². The van der Waals surface area contributed by atoms with E-state index in [9.17, 15) is 13.2 Å². The van der Waals surface area contributed by atoms with Crippen molar-refractivity contribution in [1.82, 2.24) is 19.7 Å². The first-order valence-electron chi connectivity index (χ1n) is 11.4. The van der Waals surface area contributed by atoms with Gasteiger partial charge in [-0.25, -0.2) is 4.98 Å². The minimum Gasteiger partial charge on any atom is -0.360 e. The van der Waals surface area contributed by atoms with Gasteiger partial charge in [0.25, 0.3) is 0 Å². The number of fused-ring (bicyclic) bond motifs is 2. The van der Waals surface area contributed by atoms with Gasteiger partial charge in [-0.1, -0.05) is 18.2 Å². The zero-order valence-electron chi connectivity index (χ0n) is 19.6. The number of imidazole rings is 1. The molecule has 0 radical (unpaired) electrons. The van der Waals surface area contributed by atoms with Crippen molar-refractivity contribution in [1.29, 1.82) is 0 Å². The van der Waals surface area contributed by atoms with Crippen LogP contribution in [0, 0.1) is 13.8 Å². The van der Waals surface area contributed by atoms with E-state index in [0.29, 0.717) is 11.4 Å². The lowest BCUT2D eigenvalue weighted by atomic mass is 10.00. The van der Waals surface area contributed by atoms with Crippen molar-refractivity contribution in [2.24, 2.45) is 5.73 Å². The highest BCUT2D eigenvalue weighted by molar-refractivity contribution is 5.93. The number of anilines is 2. The third kappa shape index (κ3) is 4.18. The average Bonchev–Trinajstić information content (AvgIpc) is 3.20. The fourth-order valence-corrected chi connectivity index (χ4v) is 4.85. The Morgan fingerprint density at radius 1 is 1.14 bits per heavy atom. The van der Waals surface area contributed by atoms with Crippen LogP contribution in [0.25, 0.3) is 10.8 Å². The summed E-state index contributed by atoms with van der Waals surface area (Å²) in [4.78, 5) is 6.96. The van der Waals surface area contributed by atoms with Crippen LogP contribution < -0.4 is 16.0 Å². The number of aryl methyl sites for hydroxylation is 1. The molecule has 2 aromatic heterocycles. The molecule has 5 rings (SSSR count). The first-order valence-corrected chi connectivity index (χ1v) is 11.4. The third-order valence-electron chi connectivity index (χ3n) is 6.64. The van der Waals surface area contributed by atoms with Gasteiger partial charge in [-0.2, -0.15) is 18.3 Å². The number of hydrogen-bond acceptors (Lipinski definition) is 6. The number of rotatable bonds is 4. The SMILES string of the molecule is Cc1cn2c(n1)C(C)N(c1ccc3cnnc(N[C@H](N)c4cccc(C(F)(F)F)c4C)c3c1)CC2. The average molecular weight is 482 g/mol. The second kappa shape index (κ2) is 8.53. The van der Waals surface area contributed by atoms with Gasteiger partial charge in [0.2, 0.25) is 0 Å². The summed E-state index contributed by atoms with van der Waals surface area (Å²) in [6.45, 7) is 7.19. The van der Waals surface area contributed by atoms with Crippen molar-refractivity contribution >= 4 is 22.3 Å². The molecule has 7 nitrogen and oxygen atoms in total. The van der Waals surface area contributed by atoms with Crippen molar-refractivity contribution in [3.8, 4) is 0 Å². The van der Waals surface area contributed by atoms with Crippen LogP contribution in [-0.2, 0) is 12.7 Å². The number of halogens is 3. The molecule has 182 valence electrons. The smallest absolute Gasteiger partial charge is 0.360 e. The van der Waals surface area contributed by atoms with Gasteiger partial charge in [-0.05, 0) is 50.1 Å². The molecule has 0 amide bonds. The molecule has 3 N–H and O–H groups in total. The van der Waals surface area contributed by atoms with Crippen molar-refractivity contribution in [3.05, 3.63) is 77.0 Å². The summed E-state index contributed by atoms with van der Waals surface area (Å²) < 4.78 is 42.3. The van der Waals surface area contributed by atoms with Crippen molar-refractivity contribution in [2.45, 2.75) is 45.7 Å². The molecule has 4 aromatic rings. The van der Waals surface area contributed by atoms with Gasteiger partial charge < -0.3 is 20.5 Å². The maximum atomic E-state index is 13.4. The van der Waals surface area contributed by atoms with E-state index in [1.165, 1.54) is 13.0 Å². The molecular weight excluding hydrogens is 455 g/mol. The monoisotopic (exact) mass is 481 g/mol. The van der Waals surface area contributed by atoms with Gasteiger partial charge in [-0.3, -0.25) is 0 Å². The van der Waals surface area contributed by atoms with E-state index in [-0.39, 0.29) is 11.6 Å². The standard InChI is InChI=1S/C25H26F3N7/c1-14-13-34-9-10-35(16(3)24(34)31-14)18-8-7-17-12-30-33-23(20(17)11-18)32-22(29)19-5-4-6-21(15(19)2)25(26,27)28/h4-8,11-13,16,22H,9-10,29H2,1-3H3,(H,32,33)/t16?,22-/m0/s1. The Kier molecular flexibility index (Phi) is 5.63. The number of benzene rings is 2. The molecule has 35 heavy (non-hydrogen) atoms. The Morgan fingerprint density at radius 2 is 1.94 bits per heavy atom. The normalized spacial score (nSPS) is 16.9. The predicted molar refractivity (Wildman–Crippen MR) is 129 cm³/mol. The van der Waals surface area contributed by atoms with E-state index in [0.717, 1.165) is 47.1 Å². The van der Waals surface area contributed by atoms with Gasteiger partial charge in [0.1, 0.15) is 12.0 Å². The fourth-order valence-electron chi connectivity index (χ4n) is 4.85. The van der Waals surface area contributed by atoms with E-state index in [1.807, 2.05) is 25.1 Å². The summed E-state index contributed by atoms with van der Waals surface area (Å²) >= 11 is 0. The highest BCUT2D eigenvalue weighted by Gasteiger charge is 2.33. The van der Waals surface area contributed by atoms with Gasteiger partial charge in [0.15, 0.2) is 5.82 Å². The maximum absolute atomic E-state index is 13.4. The molecule has 0 saturated heterocycles. The number of aromatic nitrogens is 4. The first-order chi connectivity index (χ1) is 16.6. The van der Waals surface area contributed by atoms with E-state index in [1.54, 1.807) is 12.3 Å². The first kappa shape index (κ1) is 23.1. The summed E-state index contributed by atoms with van der Waals surface area (Å²) in [6.07, 6.45) is -1.63. The Bertz CT molecular complexity index is 1400.